The van der Waals surface area contributed by atoms with E-state index in [2.05, 4.69) is 20.8 Å². The average Bonchev–Trinajstić information content (AvgIpc) is 2.62. The lowest BCUT2D eigenvalue weighted by atomic mass is 10.2. The van der Waals surface area contributed by atoms with Gasteiger partial charge in [-0.3, -0.25) is 4.79 Å². The molecule has 0 spiro atoms. The molecule has 0 aliphatic heterocycles. The van der Waals surface area contributed by atoms with Gasteiger partial charge in [0.25, 0.3) is 0 Å². The number of hydrogen-bond donors (Lipinski definition) is 2. The molecule has 144 valence electrons. The number of carboxylic acid groups (broad SMARTS) is 1. The van der Waals surface area contributed by atoms with Gasteiger partial charge in [0.05, 0.1) is 12.7 Å². The van der Waals surface area contributed by atoms with Crippen LogP contribution >= 0.6 is 0 Å². The summed E-state index contributed by atoms with van der Waals surface area (Å²) in [6.45, 7) is 6.38. The fraction of sp³-hybridized carbons (Fsp3) is 0.333. The SMILES string of the molecule is CC(C)(C)[Si](COC(=O)C(O)CC(=O)O)(c1ccccc1)c1ccccc1. The molecule has 6 heteroatoms. The van der Waals surface area contributed by atoms with E-state index in [4.69, 9.17) is 9.84 Å². The summed E-state index contributed by atoms with van der Waals surface area (Å²) in [5, 5.41) is 20.6. The first-order valence-electron chi connectivity index (χ1n) is 8.86. The van der Waals surface area contributed by atoms with Crippen LogP contribution in [0.1, 0.15) is 27.2 Å². The van der Waals surface area contributed by atoms with Crippen molar-refractivity contribution in [3.8, 4) is 0 Å². The Kier molecular flexibility index (Phi) is 6.57. The van der Waals surface area contributed by atoms with Crippen LogP contribution in [0.15, 0.2) is 60.7 Å². The summed E-state index contributed by atoms with van der Waals surface area (Å²) in [5.74, 6) is -2.14. The standard InChI is InChI=1S/C21H26O5Si/c1-21(2,3)27(16-10-6-4-7-11-16,17-12-8-5-9-13-17)15-26-20(25)18(22)14-19(23)24/h4-13,18,22H,14-15H2,1-3H3,(H,23,24). The monoisotopic (exact) mass is 386 g/mol. The van der Waals surface area contributed by atoms with Crippen LogP contribution in [0.4, 0.5) is 0 Å². The molecular formula is C21H26O5Si. The fourth-order valence-electron chi connectivity index (χ4n) is 3.39. The van der Waals surface area contributed by atoms with Gasteiger partial charge >= 0.3 is 11.9 Å². The van der Waals surface area contributed by atoms with Gasteiger partial charge in [-0.25, -0.2) is 4.79 Å². The van der Waals surface area contributed by atoms with Crippen LogP contribution in [0, 0.1) is 0 Å². The minimum atomic E-state index is -2.60. The highest BCUT2D eigenvalue weighted by Crippen LogP contribution is 2.36. The predicted octanol–water partition coefficient (Wildman–Crippen LogP) is 1.97. The Morgan fingerprint density at radius 1 is 0.963 bits per heavy atom. The van der Waals surface area contributed by atoms with Crippen LogP contribution < -0.4 is 10.4 Å². The van der Waals surface area contributed by atoms with Crippen molar-refractivity contribution in [1.82, 2.24) is 0 Å². The second kappa shape index (κ2) is 8.50. The van der Waals surface area contributed by atoms with Crippen molar-refractivity contribution in [2.45, 2.75) is 38.3 Å². The normalized spacial score (nSPS) is 13.0. The molecule has 0 aliphatic rings. The summed E-state index contributed by atoms with van der Waals surface area (Å²) < 4.78 is 5.52. The highest BCUT2D eigenvalue weighted by atomic mass is 28.3. The van der Waals surface area contributed by atoms with Gasteiger partial charge in [-0.05, 0) is 15.4 Å². The minimum Gasteiger partial charge on any atom is -0.481 e. The maximum atomic E-state index is 12.2. The van der Waals surface area contributed by atoms with Gasteiger partial charge in [0.1, 0.15) is 0 Å². The molecule has 2 aromatic carbocycles. The van der Waals surface area contributed by atoms with E-state index in [1.165, 1.54) is 0 Å². The molecule has 0 radical (unpaired) electrons. The van der Waals surface area contributed by atoms with E-state index in [9.17, 15) is 14.7 Å². The van der Waals surface area contributed by atoms with Crippen molar-refractivity contribution in [2.24, 2.45) is 0 Å². The third-order valence-corrected chi connectivity index (χ3v) is 10.7. The Hall–Kier alpha value is -2.44. The molecule has 0 saturated carbocycles. The van der Waals surface area contributed by atoms with Crippen LogP contribution in [0.25, 0.3) is 0 Å². The summed E-state index contributed by atoms with van der Waals surface area (Å²) in [7, 11) is -2.60. The van der Waals surface area contributed by atoms with E-state index in [0.717, 1.165) is 10.4 Å². The van der Waals surface area contributed by atoms with Crippen molar-refractivity contribution in [1.29, 1.82) is 0 Å². The van der Waals surface area contributed by atoms with Gasteiger partial charge < -0.3 is 14.9 Å². The van der Waals surface area contributed by atoms with Crippen molar-refractivity contribution in [2.75, 3.05) is 6.23 Å². The quantitative estimate of drug-likeness (QED) is 0.561. The second-order valence-corrected chi connectivity index (χ2v) is 12.4. The first-order chi connectivity index (χ1) is 12.7. The minimum absolute atomic E-state index is 0.125. The number of aliphatic carboxylic acids is 1. The molecule has 5 nitrogen and oxygen atoms in total. The number of carboxylic acids is 1. The molecule has 2 rings (SSSR count). The third-order valence-electron chi connectivity index (χ3n) is 4.88. The zero-order valence-electron chi connectivity index (χ0n) is 15.9. The highest BCUT2D eigenvalue weighted by molar-refractivity contribution is 7.04. The molecule has 0 bridgehead atoms. The lowest BCUT2D eigenvalue weighted by molar-refractivity contribution is -0.156. The molecule has 0 fully saturated rings. The van der Waals surface area contributed by atoms with Gasteiger partial charge in [0.15, 0.2) is 14.2 Å². The summed E-state index contributed by atoms with van der Waals surface area (Å²) in [6, 6.07) is 19.9. The van der Waals surface area contributed by atoms with Crippen LogP contribution in [0.5, 0.6) is 0 Å². The Balaban J connectivity index is 2.47. The fourth-order valence-corrected chi connectivity index (χ4v) is 8.10. The van der Waals surface area contributed by atoms with Crippen LogP contribution in [-0.2, 0) is 14.3 Å². The highest BCUT2D eigenvalue weighted by Gasteiger charge is 2.49. The number of esters is 1. The number of rotatable bonds is 7. The van der Waals surface area contributed by atoms with E-state index >= 15 is 0 Å². The van der Waals surface area contributed by atoms with Gasteiger partial charge in [-0.2, -0.15) is 0 Å². The molecule has 1 unspecified atom stereocenters. The zero-order chi connectivity index (χ0) is 20.1. The Morgan fingerprint density at radius 2 is 1.41 bits per heavy atom. The Bertz CT molecular complexity index is 729. The third kappa shape index (κ3) is 4.64. The van der Waals surface area contributed by atoms with Gasteiger partial charge in [-0.1, -0.05) is 81.4 Å². The number of carbonyl (C=O) groups is 2. The summed E-state index contributed by atoms with van der Waals surface area (Å²) in [4.78, 5) is 23.0. The number of aliphatic hydroxyl groups excluding tert-OH is 1. The van der Waals surface area contributed by atoms with Crippen molar-refractivity contribution in [3.63, 3.8) is 0 Å². The van der Waals surface area contributed by atoms with Crippen LogP contribution in [0.3, 0.4) is 0 Å². The molecule has 0 aromatic heterocycles. The summed E-state index contributed by atoms with van der Waals surface area (Å²) >= 11 is 0. The molecular weight excluding hydrogens is 360 g/mol. The van der Waals surface area contributed by atoms with Crippen LogP contribution in [-0.4, -0.2) is 42.6 Å². The summed E-state index contributed by atoms with van der Waals surface area (Å²) in [5.41, 5.74) is 0. The molecule has 27 heavy (non-hydrogen) atoms. The first-order valence-corrected chi connectivity index (χ1v) is 11.1. The lowest BCUT2D eigenvalue weighted by Gasteiger charge is -2.43. The smallest absolute Gasteiger partial charge is 0.335 e. The predicted molar refractivity (Wildman–Crippen MR) is 107 cm³/mol. The molecule has 2 aromatic rings. The van der Waals surface area contributed by atoms with E-state index in [1.54, 1.807) is 0 Å². The first kappa shape index (κ1) is 20.9. The van der Waals surface area contributed by atoms with Crippen molar-refractivity contribution >= 4 is 30.4 Å². The van der Waals surface area contributed by atoms with Crippen LogP contribution in [0.2, 0.25) is 5.04 Å². The Morgan fingerprint density at radius 3 is 1.78 bits per heavy atom. The molecule has 0 saturated heterocycles. The largest absolute Gasteiger partial charge is 0.481 e. The van der Waals surface area contributed by atoms with Gasteiger partial charge in [-0.15, -0.1) is 0 Å². The Labute approximate surface area is 160 Å². The number of benzene rings is 2. The maximum absolute atomic E-state index is 12.2. The number of ether oxygens (including phenoxy) is 1. The zero-order valence-corrected chi connectivity index (χ0v) is 16.9. The van der Waals surface area contributed by atoms with Crippen molar-refractivity contribution in [3.05, 3.63) is 60.7 Å². The molecule has 0 heterocycles. The van der Waals surface area contributed by atoms with Gasteiger partial charge in [0.2, 0.25) is 0 Å². The second-order valence-electron chi connectivity index (χ2n) is 7.61. The summed E-state index contributed by atoms with van der Waals surface area (Å²) in [6.07, 6.45) is -2.21. The van der Waals surface area contributed by atoms with E-state index in [1.807, 2.05) is 60.7 Å². The molecule has 1 atom stereocenters. The number of aliphatic hydroxyl groups is 1. The van der Waals surface area contributed by atoms with E-state index in [-0.39, 0.29) is 11.3 Å². The molecule has 0 amide bonds. The number of hydrogen-bond acceptors (Lipinski definition) is 4. The topological polar surface area (TPSA) is 83.8 Å². The maximum Gasteiger partial charge on any atom is 0.335 e. The molecule has 0 aliphatic carbocycles. The molecule has 2 N–H and O–H groups in total. The van der Waals surface area contributed by atoms with E-state index < -0.39 is 32.5 Å². The van der Waals surface area contributed by atoms with Crippen molar-refractivity contribution < 1.29 is 24.5 Å². The van der Waals surface area contributed by atoms with Gasteiger partial charge in [0, 0.05) is 0 Å². The average molecular weight is 387 g/mol. The number of carbonyl (C=O) groups excluding carboxylic acids is 1. The lowest BCUT2D eigenvalue weighted by Crippen LogP contribution is -2.68. The van der Waals surface area contributed by atoms with E-state index in [0.29, 0.717) is 0 Å².